The van der Waals surface area contributed by atoms with Crippen LogP contribution in [0.4, 0.5) is 4.39 Å². The first kappa shape index (κ1) is 18.4. The van der Waals surface area contributed by atoms with E-state index < -0.39 is 0 Å². The van der Waals surface area contributed by atoms with Crippen molar-refractivity contribution in [3.63, 3.8) is 0 Å². The van der Waals surface area contributed by atoms with Gasteiger partial charge in [0, 0.05) is 42.2 Å². The molecule has 3 atom stereocenters. The van der Waals surface area contributed by atoms with Crippen molar-refractivity contribution >= 4 is 17.5 Å². The van der Waals surface area contributed by atoms with Crippen LogP contribution in [-0.2, 0) is 0 Å². The zero-order valence-electron chi connectivity index (χ0n) is 15.0. The van der Waals surface area contributed by atoms with Gasteiger partial charge in [0.05, 0.1) is 0 Å². The van der Waals surface area contributed by atoms with Crippen molar-refractivity contribution in [3.05, 3.63) is 70.5 Å². The van der Waals surface area contributed by atoms with Gasteiger partial charge in [-0.2, -0.15) is 0 Å². The Morgan fingerprint density at radius 1 is 1.11 bits per heavy atom. The number of nitrogens with zero attached hydrogens (tertiary/aromatic N) is 1. The lowest BCUT2D eigenvalue weighted by atomic mass is 9.81. The van der Waals surface area contributed by atoms with Crippen molar-refractivity contribution in [3.8, 4) is 0 Å². The van der Waals surface area contributed by atoms with Crippen molar-refractivity contribution in [2.45, 2.75) is 24.8 Å². The fourth-order valence-corrected chi connectivity index (χ4v) is 4.38. The summed E-state index contributed by atoms with van der Waals surface area (Å²) in [6.07, 6.45) is 2.06. The summed E-state index contributed by atoms with van der Waals surface area (Å²) in [6.45, 7) is 2.30. The molecule has 3 unspecified atom stereocenters. The average molecular weight is 388 g/mol. The number of halogens is 2. The second-order valence-corrected chi connectivity index (χ2v) is 7.81. The minimum Gasteiger partial charge on any atom is -0.338 e. The van der Waals surface area contributed by atoms with Gasteiger partial charge in [0.25, 0.3) is 5.91 Å². The Kier molecular flexibility index (Phi) is 5.43. The van der Waals surface area contributed by atoms with Crippen molar-refractivity contribution in [1.29, 1.82) is 0 Å². The molecule has 142 valence electrons. The largest absolute Gasteiger partial charge is 0.338 e. The highest BCUT2D eigenvalue weighted by molar-refractivity contribution is 6.30. The molecule has 4 rings (SSSR count). The summed E-state index contributed by atoms with van der Waals surface area (Å²) in [5.74, 6) is 0.452. The second-order valence-electron chi connectivity index (χ2n) is 7.37. The Labute approximate surface area is 163 Å². The molecule has 0 aliphatic carbocycles. The van der Waals surface area contributed by atoms with E-state index in [4.69, 9.17) is 11.6 Å². The van der Waals surface area contributed by atoms with Crippen LogP contribution < -0.4 is 10.9 Å². The standard InChI is InChI=1S/C21H23ClFN3O/c22-17-7-3-15(4-8-17)21(27)26-11-1-2-16(13-26)20-19(12-24-25-20)14-5-9-18(23)10-6-14/h3-10,16,19-20,24-25H,1-2,11-13H2. The van der Waals surface area contributed by atoms with Crippen LogP contribution in [0.2, 0.25) is 5.02 Å². The lowest BCUT2D eigenvalue weighted by molar-refractivity contribution is 0.0644. The first-order valence-corrected chi connectivity index (χ1v) is 9.78. The van der Waals surface area contributed by atoms with E-state index in [0.717, 1.165) is 38.0 Å². The lowest BCUT2D eigenvalue weighted by Crippen LogP contribution is -2.48. The molecule has 2 heterocycles. The minimum atomic E-state index is -0.216. The molecule has 0 aromatic heterocycles. The SMILES string of the molecule is O=C(c1ccc(Cl)cc1)N1CCCC(C2NNCC2c2ccc(F)cc2)C1. The molecule has 2 aliphatic rings. The van der Waals surface area contributed by atoms with E-state index in [1.165, 1.54) is 12.1 Å². The normalized spacial score (nSPS) is 25.6. The maximum absolute atomic E-state index is 13.3. The van der Waals surface area contributed by atoms with Crippen LogP contribution in [-0.4, -0.2) is 36.5 Å². The van der Waals surface area contributed by atoms with Crippen molar-refractivity contribution in [2.24, 2.45) is 5.92 Å². The predicted octanol–water partition coefficient (Wildman–Crippen LogP) is 3.59. The number of amides is 1. The number of carbonyl (C=O) groups is 1. The van der Waals surface area contributed by atoms with E-state index in [-0.39, 0.29) is 23.7 Å². The van der Waals surface area contributed by atoms with Crippen LogP contribution in [0.15, 0.2) is 48.5 Å². The molecule has 4 nitrogen and oxygen atoms in total. The topological polar surface area (TPSA) is 44.4 Å². The Morgan fingerprint density at radius 2 is 1.85 bits per heavy atom. The molecule has 0 radical (unpaired) electrons. The van der Waals surface area contributed by atoms with Gasteiger partial charge in [-0.15, -0.1) is 0 Å². The van der Waals surface area contributed by atoms with Gasteiger partial charge in [0.2, 0.25) is 0 Å². The highest BCUT2D eigenvalue weighted by Crippen LogP contribution is 2.32. The highest BCUT2D eigenvalue weighted by Gasteiger charge is 2.37. The van der Waals surface area contributed by atoms with Gasteiger partial charge in [0.15, 0.2) is 0 Å². The summed E-state index contributed by atoms with van der Waals surface area (Å²) < 4.78 is 13.3. The van der Waals surface area contributed by atoms with Crippen molar-refractivity contribution < 1.29 is 9.18 Å². The van der Waals surface area contributed by atoms with Crippen LogP contribution in [0.3, 0.4) is 0 Å². The number of rotatable bonds is 3. The fourth-order valence-electron chi connectivity index (χ4n) is 4.26. The minimum absolute atomic E-state index is 0.0562. The number of hydrogen-bond acceptors (Lipinski definition) is 3. The Bertz CT molecular complexity index is 796. The summed E-state index contributed by atoms with van der Waals surface area (Å²) in [7, 11) is 0. The van der Waals surface area contributed by atoms with Crippen LogP contribution in [0.25, 0.3) is 0 Å². The van der Waals surface area contributed by atoms with Gasteiger partial charge in [-0.05, 0) is 60.7 Å². The third-order valence-corrected chi connectivity index (χ3v) is 5.92. The zero-order chi connectivity index (χ0) is 18.8. The maximum atomic E-state index is 13.3. The molecular formula is C21H23ClFN3O. The van der Waals surface area contributed by atoms with Gasteiger partial charge < -0.3 is 4.90 Å². The molecule has 2 fully saturated rings. The van der Waals surface area contributed by atoms with Gasteiger partial charge in [-0.25, -0.2) is 4.39 Å². The number of nitrogens with one attached hydrogen (secondary N) is 2. The number of hydrazine groups is 1. The lowest BCUT2D eigenvalue weighted by Gasteiger charge is -2.37. The smallest absolute Gasteiger partial charge is 0.253 e. The molecule has 2 saturated heterocycles. The number of benzene rings is 2. The summed E-state index contributed by atoms with van der Waals surface area (Å²) in [5.41, 5.74) is 8.45. The van der Waals surface area contributed by atoms with E-state index in [1.807, 2.05) is 17.0 Å². The summed E-state index contributed by atoms with van der Waals surface area (Å²) in [6, 6.07) is 14.0. The third-order valence-electron chi connectivity index (χ3n) is 5.67. The second kappa shape index (κ2) is 7.97. The summed E-state index contributed by atoms with van der Waals surface area (Å²) in [4.78, 5) is 14.8. The molecule has 2 aromatic rings. The zero-order valence-corrected chi connectivity index (χ0v) is 15.8. The molecule has 1 amide bonds. The van der Waals surface area contributed by atoms with Crippen molar-refractivity contribution in [1.82, 2.24) is 15.8 Å². The van der Waals surface area contributed by atoms with E-state index in [0.29, 0.717) is 16.5 Å². The summed E-state index contributed by atoms with van der Waals surface area (Å²) >= 11 is 5.93. The molecule has 6 heteroatoms. The molecule has 2 N–H and O–H groups in total. The molecule has 0 saturated carbocycles. The number of hydrogen-bond donors (Lipinski definition) is 2. The molecule has 0 spiro atoms. The van der Waals surface area contributed by atoms with Crippen LogP contribution >= 0.6 is 11.6 Å². The van der Waals surface area contributed by atoms with Gasteiger partial charge in [-0.1, -0.05) is 23.7 Å². The van der Waals surface area contributed by atoms with Gasteiger partial charge in [0.1, 0.15) is 5.82 Å². The number of piperidine rings is 1. The fraction of sp³-hybridized carbons (Fsp3) is 0.381. The molecule has 0 bridgehead atoms. The monoisotopic (exact) mass is 387 g/mol. The Hall–Kier alpha value is -1.95. The first-order valence-electron chi connectivity index (χ1n) is 9.40. The summed E-state index contributed by atoms with van der Waals surface area (Å²) in [5, 5.41) is 0.631. The van der Waals surface area contributed by atoms with Crippen LogP contribution in [0.1, 0.15) is 34.7 Å². The van der Waals surface area contributed by atoms with Crippen LogP contribution in [0, 0.1) is 11.7 Å². The molecule has 2 aromatic carbocycles. The third kappa shape index (κ3) is 4.00. The molecule has 2 aliphatic heterocycles. The Morgan fingerprint density at radius 3 is 2.59 bits per heavy atom. The van der Waals surface area contributed by atoms with Gasteiger partial charge >= 0.3 is 0 Å². The highest BCUT2D eigenvalue weighted by atomic mass is 35.5. The maximum Gasteiger partial charge on any atom is 0.253 e. The van der Waals surface area contributed by atoms with E-state index in [1.54, 1.807) is 24.3 Å². The Balaban J connectivity index is 1.48. The van der Waals surface area contributed by atoms with Crippen LogP contribution in [0.5, 0.6) is 0 Å². The quantitative estimate of drug-likeness (QED) is 0.845. The molecule has 27 heavy (non-hydrogen) atoms. The average Bonchev–Trinajstić information content (AvgIpc) is 3.18. The predicted molar refractivity (Wildman–Crippen MR) is 104 cm³/mol. The number of carbonyl (C=O) groups excluding carboxylic acids is 1. The first-order chi connectivity index (χ1) is 13.1. The number of likely N-dealkylation sites (tertiary alicyclic amines) is 1. The van der Waals surface area contributed by atoms with Crippen molar-refractivity contribution in [2.75, 3.05) is 19.6 Å². The molecular weight excluding hydrogens is 365 g/mol. The van der Waals surface area contributed by atoms with E-state index >= 15 is 0 Å². The van der Waals surface area contributed by atoms with E-state index in [2.05, 4.69) is 10.9 Å². The van der Waals surface area contributed by atoms with Gasteiger partial charge in [-0.3, -0.25) is 15.6 Å². The van der Waals surface area contributed by atoms with E-state index in [9.17, 15) is 9.18 Å².